The molecule has 1 fully saturated rings. The number of likely N-dealkylation sites (N-methyl/N-ethyl adjacent to an activating group) is 2. The molecule has 4 rings (SSSR count). The number of allylic oxidation sites excluding steroid dienone is 8. The van der Waals surface area contributed by atoms with E-state index in [9.17, 15) is 0 Å². The van der Waals surface area contributed by atoms with E-state index in [0.717, 1.165) is 24.3 Å². The van der Waals surface area contributed by atoms with Crippen LogP contribution in [0.25, 0.3) is 0 Å². The van der Waals surface area contributed by atoms with Gasteiger partial charge in [0, 0.05) is 41.9 Å². The Morgan fingerprint density at radius 3 is 2.73 bits per heavy atom. The van der Waals surface area contributed by atoms with Gasteiger partial charge in [-0.1, -0.05) is 43.7 Å². The Hall–Kier alpha value is -2.02. The van der Waals surface area contributed by atoms with Gasteiger partial charge in [0.1, 0.15) is 7.05 Å². The van der Waals surface area contributed by atoms with Crippen molar-refractivity contribution >= 4 is 17.3 Å². The Kier molecular flexibility index (Phi) is 7.99. The van der Waals surface area contributed by atoms with Crippen LogP contribution in [-0.2, 0) is 0 Å². The first-order chi connectivity index (χ1) is 16.0. The Morgan fingerprint density at radius 2 is 1.94 bits per heavy atom. The van der Waals surface area contributed by atoms with Crippen LogP contribution in [0.1, 0.15) is 71.6 Å². The zero-order valence-corrected chi connectivity index (χ0v) is 21.7. The van der Waals surface area contributed by atoms with E-state index >= 15 is 0 Å². The second-order valence-electron chi connectivity index (χ2n) is 9.94. The van der Waals surface area contributed by atoms with Gasteiger partial charge in [0.05, 0.1) is 6.08 Å². The maximum absolute atomic E-state index is 6.92. The lowest BCUT2D eigenvalue weighted by Crippen LogP contribution is -2.38. The molecule has 0 aromatic carbocycles. The highest BCUT2D eigenvalue weighted by molar-refractivity contribution is 6.32. The number of halogens is 1. The summed E-state index contributed by atoms with van der Waals surface area (Å²) in [5.41, 5.74) is 10.1. The minimum absolute atomic E-state index is 0.529. The van der Waals surface area contributed by atoms with Gasteiger partial charge in [0.25, 0.3) is 0 Å². The van der Waals surface area contributed by atoms with E-state index in [-0.39, 0.29) is 0 Å². The molecule has 2 nitrogen and oxygen atoms in total. The highest BCUT2D eigenvalue weighted by Crippen LogP contribution is 2.34. The molecule has 0 radical (unpaired) electrons. The lowest BCUT2D eigenvalue weighted by Gasteiger charge is -2.38. The summed E-state index contributed by atoms with van der Waals surface area (Å²) in [5, 5.41) is 0.937. The van der Waals surface area contributed by atoms with Gasteiger partial charge in [0.15, 0.2) is 6.04 Å². The minimum Gasteiger partial charge on any atom is -0.371 e. The smallest absolute Gasteiger partial charge is 0.207 e. The van der Waals surface area contributed by atoms with Gasteiger partial charge in [-0.2, -0.15) is 0 Å². The third-order valence-electron chi connectivity index (χ3n) is 8.03. The van der Waals surface area contributed by atoms with Crippen molar-refractivity contribution in [3.8, 4) is 0 Å². The monoisotopic (exact) mass is 463 g/mol. The summed E-state index contributed by atoms with van der Waals surface area (Å²) in [6, 6.07) is 1.11. The zero-order valence-electron chi connectivity index (χ0n) is 20.9. The fourth-order valence-corrected chi connectivity index (χ4v) is 6.20. The molecule has 0 aromatic rings. The molecule has 3 atom stereocenters. The quantitative estimate of drug-likeness (QED) is 0.303. The van der Waals surface area contributed by atoms with Crippen molar-refractivity contribution in [3.63, 3.8) is 0 Å². The van der Waals surface area contributed by atoms with Crippen LogP contribution in [-0.4, -0.2) is 41.4 Å². The number of nitrogens with zero attached hydrogens (tertiary/aromatic N) is 2. The number of rotatable bonds is 5. The largest absolute Gasteiger partial charge is 0.371 e. The fraction of sp³-hybridized carbons (Fsp3) is 0.533. The summed E-state index contributed by atoms with van der Waals surface area (Å²) in [7, 11) is 4.46. The van der Waals surface area contributed by atoms with Crippen molar-refractivity contribution in [1.29, 1.82) is 0 Å². The minimum atomic E-state index is 0.529. The van der Waals surface area contributed by atoms with E-state index in [4.69, 9.17) is 11.6 Å². The first-order valence-corrected chi connectivity index (χ1v) is 13.4. The molecule has 2 heterocycles. The Bertz CT molecular complexity index is 1010. The average molecular weight is 464 g/mol. The van der Waals surface area contributed by atoms with Crippen molar-refractivity contribution in [2.24, 2.45) is 5.92 Å². The van der Waals surface area contributed by atoms with Crippen LogP contribution in [0.2, 0.25) is 0 Å². The van der Waals surface area contributed by atoms with Crippen LogP contribution in [0.3, 0.4) is 0 Å². The second kappa shape index (κ2) is 10.9. The normalized spacial score (nSPS) is 30.6. The van der Waals surface area contributed by atoms with Gasteiger partial charge in [-0.3, -0.25) is 0 Å². The van der Waals surface area contributed by atoms with Crippen LogP contribution in [0, 0.1) is 5.92 Å². The van der Waals surface area contributed by atoms with Crippen molar-refractivity contribution < 1.29 is 4.58 Å². The molecule has 0 spiro atoms. The molecule has 33 heavy (non-hydrogen) atoms. The molecule has 2 aliphatic carbocycles. The standard InChI is InChI=1S/C30H40ClN2/c1-5-22-14-18-26(32(3)28(22)6-2)20-16-24-11-9-12-25(30(24)31)17-21-27-19-15-23-10-7-8-13-29(23)33(27)4/h14,16-22,28-29H,5-13H2,1-4H3/q+1. The maximum atomic E-state index is 6.92. The highest BCUT2D eigenvalue weighted by Gasteiger charge is 2.29. The molecular weight excluding hydrogens is 424 g/mol. The van der Waals surface area contributed by atoms with Crippen LogP contribution in [0.4, 0.5) is 0 Å². The Labute approximate surface area is 206 Å². The summed E-state index contributed by atoms with van der Waals surface area (Å²) in [5.74, 6) is 0.642. The molecular formula is C30H40ClN2+. The van der Waals surface area contributed by atoms with Crippen LogP contribution in [0.15, 0.2) is 75.7 Å². The number of hydrogen-bond donors (Lipinski definition) is 0. The van der Waals surface area contributed by atoms with Crippen LogP contribution >= 0.6 is 11.6 Å². The first kappa shape index (κ1) is 24.1. The van der Waals surface area contributed by atoms with E-state index in [1.807, 2.05) is 0 Å². The van der Waals surface area contributed by atoms with Gasteiger partial charge < -0.3 is 4.90 Å². The first-order valence-electron chi connectivity index (χ1n) is 13.0. The summed E-state index contributed by atoms with van der Waals surface area (Å²) in [6.07, 6.45) is 26.5. The van der Waals surface area contributed by atoms with Crippen molar-refractivity contribution in [2.75, 3.05) is 14.1 Å². The predicted molar refractivity (Wildman–Crippen MR) is 142 cm³/mol. The van der Waals surface area contributed by atoms with Gasteiger partial charge >= 0.3 is 0 Å². The van der Waals surface area contributed by atoms with Crippen LogP contribution < -0.4 is 0 Å². The second-order valence-corrected chi connectivity index (χ2v) is 10.3. The molecule has 2 aliphatic heterocycles. The third kappa shape index (κ3) is 5.23. The Morgan fingerprint density at radius 1 is 1.09 bits per heavy atom. The van der Waals surface area contributed by atoms with Gasteiger partial charge in [-0.05, 0) is 80.6 Å². The van der Waals surface area contributed by atoms with E-state index in [1.54, 1.807) is 0 Å². The topological polar surface area (TPSA) is 6.25 Å². The number of hydrogen-bond acceptors (Lipinski definition) is 1. The summed E-state index contributed by atoms with van der Waals surface area (Å²) >= 11 is 6.92. The van der Waals surface area contributed by atoms with Gasteiger partial charge in [-0.25, -0.2) is 4.58 Å². The van der Waals surface area contributed by atoms with E-state index < -0.39 is 0 Å². The molecule has 1 saturated carbocycles. The fourth-order valence-electron chi connectivity index (χ4n) is 5.89. The Balaban J connectivity index is 1.55. The van der Waals surface area contributed by atoms with E-state index in [2.05, 4.69) is 85.7 Å². The number of fused-ring (bicyclic) bond motifs is 1. The van der Waals surface area contributed by atoms with E-state index in [0.29, 0.717) is 18.0 Å². The molecule has 4 aliphatic rings. The molecule has 176 valence electrons. The molecule has 0 aromatic heterocycles. The zero-order chi connectivity index (χ0) is 23.4. The van der Waals surface area contributed by atoms with Crippen LogP contribution in [0.5, 0.6) is 0 Å². The molecule has 3 unspecified atom stereocenters. The third-order valence-corrected chi connectivity index (χ3v) is 8.51. The molecule has 0 saturated heterocycles. The highest BCUT2D eigenvalue weighted by atomic mass is 35.5. The molecule has 0 N–H and O–H groups in total. The summed E-state index contributed by atoms with van der Waals surface area (Å²) in [4.78, 5) is 2.45. The maximum Gasteiger partial charge on any atom is 0.207 e. The lowest BCUT2D eigenvalue weighted by atomic mass is 9.88. The predicted octanol–water partition coefficient (Wildman–Crippen LogP) is 7.46. The molecule has 0 bridgehead atoms. The van der Waals surface area contributed by atoms with Gasteiger partial charge in [-0.15, -0.1) is 5.73 Å². The SMILES string of the molecule is CCC1C=CC(=CC=C2CCCC(C=CC3=[N+](C)C4CCCCC4=C=C3)=C2Cl)N(C)C1CC. The average Bonchev–Trinajstić information content (AvgIpc) is 2.84. The van der Waals surface area contributed by atoms with Crippen molar-refractivity contribution in [2.45, 2.75) is 83.7 Å². The molecule has 3 heteroatoms. The van der Waals surface area contributed by atoms with E-state index in [1.165, 1.54) is 66.7 Å². The summed E-state index contributed by atoms with van der Waals surface area (Å²) < 4.78 is 2.43. The molecule has 0 amide bonds. The summed E-state index contributed by atoms with van der Waals surface area (Å²) in [6.45, 7) is 4.58. The van der Waals surface area contributed by atoms with Crippen molar-refractivity contribution in [1.82, 2.24) is 4.90 Å². The lowest BCUT2D eigenvalue weighted by molar-refractivity contribution is -0.530. The van der Waals surface area contributed by atoms with Gasteiger partial charge in [0.2, 0.25) is 5.71 Å². The van der Waals surface area contributed by atoms with Crippen molar-refractivity contribution in [3.05, 3.63) is 75.7 Å².